The molecule has 0 spiro atoms. The van der Waals surface area contributed by atoms with Crippen LogP contribution in [0, 0.1) is 13.8 Å². The lowest BCUT2D eigenvalue weighted by Crippen LogP contribution is -2.37. The highest BCUT2D eigenvalue weighted by atomic mass is 31.1. The number of benzene rings is 2. The number of hydrogen-bond donors (Lipinski definition) is 1. The van der Waals surface area contributed by atoms with Crippen molar-refractivity contribution in [1.29, 1.82) is 0 Å². The minimum atomic E-state index is -0.0720. The van der Waals surface area contributed by atoms with Gasteiger partial charge in [-0.1, -0.05) is 58.3 Å². The van der Waals surface area contributed by atoms with Crippen LogP contribution in [-0.2, 0) is 11.7 Å². The van der Waals surface area contributed by atoms with E-state index in [-0.39, 0.29) is 5.16 Å². The molecule has 0 aliphatic heterocycles. The summed E-state index contributed by atoms with van der Waals surface area (Å²) in [6.45, 7) is 18.9. The summed E-state index contributed by atoms with van der Waals surface area (Å²) in [7, 11) is 0.616. The van der Waals surface area contributed by atoms with Crippen LogP contribution in [0.2, 0.25) is 0 Å². The van der Waals surface area contributed by atoms with E-state index in [1.165, 1.54) is 22.0 Å². The molecule has 0 aromatic heterocycles. The fourth-order valence-corrected chi connectivity index (χ4v) is 5.58. The summed E-state index contributed by atoms with van der Waals surface area (Å²) in [5.41, 5.74) is 5.06. The summed E-state index contributed by atoms with van der Waals surface area (Å²) in [5.74, 6) is 0.420. The molecule has 0 bridgehead atoms. The van der Waals surface area contributed by atoms with Gasteiger partial charge in [-0.05, 0) is 70.5 Å². The molecule has 0 amide bonds. The molecule has 0 fully saturated rings. The zero-order chi connectivity index (χ0) is 21.1. The van der Waals surface area contributed by atoms with Crippen LogP contribution in [0.1, 0.15) is 70.2 Å². The predicted molar refractivity (Wildman–Crippen MR) is 125 cm³/mol. The summed E-state index contributed by atoms with van der Waals surface area (Å²) in [6, 6.07) is 13.7. The van der Waals surface area contributed by atoms with Crippen LogP contribution < -0.4 is 5.30 Å². The van der Waals surface area contributed by atoms with Gasteiger partial charge in [0.15, 0.2) is 0 Å². The molecule has 28 heavy (non-hydrogen) atoms. The van der Waals surface area contributed by atoms with Crippen molar-refractivity contribution < 1.29 is 5.11 Å². The van der Waals surface area contributed by atoms with Gasteiger partial charge in [-0.25, -0.2) is 0 Å². The van der Waals surface area contributed by atoms with Crippen LogP contribution >= 0.6 is 8.58 Å². The van der Waals surface area contributed by atoms with E-state index in [4.69, 9.17) is 0 Å². The van der Waals surface area contributed by atoms with E-state index in [2.05, 4.69) is 84.6 Å². The molecule has 2 aromatic rings. The summed E-state index contributed by atoms with van der Waals surface area (Å²) in [4.78, 5) is 2.55. The van der Waals surface area contributed by atoms with Crippen LogP contribution in [0.5, 0.6) is 5.75 Å². The maximum absolute atomic E-state index is 10.6. The fraction of sp³-hybridized carbons (Fsp3) is 0.520. The quantitative estimate of drug-likeness (QED) is 0.530. The maximum Gasteiger partial charge on any atom is 0.119 e. The second-order valence-corrected chi connectivity index (χ2v) is 10.7. The number of aryl methyl sites for hydroxylation is 2. The molecule has 2 nitrogen and oxygen atoms in total. The monoisotopic (exact) mass is 399 g/mol. The minimum absolute atomic E-state index is 0.0720. The number of phenols is 1. The van der Waals surface area contributed by atoms with E-state index in [1.54, 1.807) is 0 Å². The zero-order valence-corrected chi connectivity index (χ0v) is 19.9. The summed E-state index contributed by atoms with van der Waals surface area (Å²) in [5, 5.41) is 12.0. The van der Waals surface area contributed by atoms with Crippen LogP contribution in [0.4, 0.5) is 0 Å². The van der Waals surface area contributed by atoms with E-state index >= 15 is 0 Å². The third-order valence-electron chi connectivity index (χ3n) is 5.89. The van der Waals surface area contributed by atoms with Crippen molar-refractivity contribution in [3.05, 3.63) is 58.7 Å². The largest absolute Gasteiger partial charge is 0.508 e. The topological polar surface area (TPSA) is 23.5 Å². The zero-order valence-electron chi connectivity index (χ0n) is 18.9. The SMILES string of the molecule is CCC(C)(Pc1c(C)cccc1CN(C(C)C)C(C)C)c1cc(C)ccc1O. The van der Waals surface area contributed by atoms with Gasteiger partial charge < -0.3 is 5.11 Å². The molecule has 0 aliphatic carbocycles. The molecule has 2 atom stereocenters. The van der Waals surface area contributed by atoms with E-state index in [9.17, 15) is 5.11 Å². The average Bonchev–Trinajstić information content (AvgIpc) is 2.63. The van der Waals surface area contributed by atoms with Crippen molar-refractivity contribution in [2.75, 3.05) is 0 Å². The Kier molecular flexibility index (Phi) is 7.71. The van der Waals surface area contributed by atoms with Crippen molar-refractivity contribution in [3.8, 4) is 5.75 Å². The van der Waals surface area contributed by atoms with Crippen LogP contribution in [-0.4, -0.2) is 22.1 Å². The number of aromatic hydroxyl groups is 1. The standard InChI is InChI=1S/C25H38NOP/c1-9-25(8,22-15-19(6)13-14-23(22)27)28-24-20(7)11-10-12-21(24)16-26(17(2)3)18(4)5/h10-15,17-18,27-28H,9,16H2,1-8H3. The third kappa shape index (κ3) is 5.16. The minimum Gasteiger partial charge on any atom is -0.508 e. The first-order chi connectivity index (χ1) is 13.1. The molecule has 3 heteroatoms. The number of rotatable bonds is 8. The van der Waals surface area contributed by atoms with Crippen LogP contribution in [0.25, 0.3) is 0 Å². The molecule has 2 unspecified atom stereocenters. The second kappa shape index (κ2) is 9.42. The molecule has 0 heterocycles. The predicted octanol–water partition coefficient (Wildman–Crippen LogP) is 6.26. The van der Waals surface area contributed by atoms with Crippen molar-refractivity contribution in [2.45, 2.75) is 85.6 Å². The Balaban J connectivity index is 2.48. The number of hydrogen-bond acceptors (Lipinski definition) is 2. The van der Waals surface area contributed by atoms with Crippen molar-refractivity contribution >= 4 is 13.9 Å². The van der Waals surface area contributed by atoms with Gasteiger partial charge in [0.05, 0.1) is 0 Å². The van der Waals surface area contributed by atoms with Gasteiger partial charge in [0.1, 0.15) is 5.75 Å². The number of phenolic OH excluding ortho intramolecular Hbond substituents is 1. The third-order valence-corrected chi connectivity index (χ3v) is 8.03. The lowest BCUT2D eigenvalue weighted by molar-refractivity contribution is 0.166. The van der Waals surface area contributed by atoms with Crippen LogP contribution in [0.3, 0.4) is 0 Å². The van der Waals surface area contributed by atoms with E-state index in [0.717, 1.165) is 18.5 Å². The van der Waals surface area contributed by atoms with Crippen molar-refractivity contribution in [2.24, 2.45) is 0 Å². The highest BCUT2D eigenvalue weighted by Gasteiger charge is 2.30. The van der Waals surface area contributed by atoms with Gasteiger partial charge in [-0.15, -0.1) is 0 Å². The van der Waals surface area contributed by atoms with Gasteiger partial charge in [0, 0.05) is 29.3 Å². The van der Waals surface area contributed by atoms with E-state index < -0.39 is 0 Å². The Bertz CT molecular complexity index is 791. The van der Waals surface area contributed by atoms with Crippen LogP contribution in [0.15, 0.2) is 36.4 Å². The Labute approximate surface area is 174 Å². The molecule has 2 aromatic carbocycles. The molecule has 1 N–H and O–H groups in total. The van der Waals surface area contributed by atoms with Gasteiger partial charge >= 0.3 is 0 Å². The normalized spacial score (nSPS) is 14.5. The average molecular weight is 400 g/mol. The van der Waals surface area contributed by atoms with Gasteiger partial charge in [0.25, 0.3) is 0 Å². The van der Waals surface area contributed by atoms with E-state index in [0.29, 0.717) is 26.4 Å². The molecule has 2 rings (SSSR count). The summed E-state index contributed by atoms with van der Waals surface area (Å²) in [6.07, 6.45) is 0.994. The smallest absolute Gasteiger partial charge is 0.119 e. The first-order valence-corrected chi connectivity index (χ1v) is 11.5. The van der Waals surface area contributed by atoms with Gasteiger partial charge in [-0.3, -0.25) is 4.90 Å². The highest BCUT2D eigenvalue weighted by Crippen LogP contribution is 2.48. The first kappa shape index (κ1) is 22.9. The molecule has 0 radical (unpaired) electrons. The first-order valence-electron chi connectivity index (χ1n) is 10.5. The molecular weight excluding hydrogens is 361 g/mol. The molecule has 0 aliphatic rings. The van der Waals surface area contributed by atoms with Gasteiger partial charge in [-0.2, -0.15) is 0 Å². The lowest BCUT2D eigenvalue weighted by atomic mass is 9.95. The van der Waals surface area contributed by atoms with Gasteiger partial charge in [0.2, 0.25) is 0 Å². The lowest BCUT2D eigenvalue weighted by Gasteiger charge is -2.34. The Morgan fingerprint density at radius 2 is 1.68 bits per heavy atom. The summed E-state index contributed by atoms with van der Waals surface area (Å²) >= 11 is 0. The summed E-state index contributed by atoms with van der Waals surface area (Å²) < 4.78 is 0. The Morgan fingerprint density at radius 1 is 1.04 bits per heavy atom. The molecular formula is C25H38NOP. The second-order valence-electron chi connectivity index (χ2n) is 8.80. The van der Waals surface area contributed by atoms with Crippen molar-refractivity contribution in [1.82, 2.24) is 4.90 Å². The highest BCUT2D eigenvalue weighted by molar-refractivity contribution is 7.48. The van der Waals surface area contributed by atoms with E-state index in [1.807, 2.05) is 12.1 Å². The molecule has 0 saturated carbocycles. The number of nitrogens with zero attached hydrogens (tertiary/aromatic N) is 1. The maximum atomic E-state index is 10.6. The Morgan fingerprint density at radius 3 is 2.25 bits per heavy atom. The fourth-order valence-electron chi connectivity index (χ4n) is 3.91. The Hall–Kier alpha value is -1.37. The van der Waals surface area contributed by atoms with Crippen molar-refractivity contribution in [3.63, 3.8) is 0 Å². The molecule has 154 valence electrons. The molecule has 0 saturated heterocycles.